The highest BCUT2D eigenvalue weighted by molar-refractivity contribution is 7.98. The van der Waals surface area contributed by atoms with E-state index in [-0.39, 0.29) is 11.8 Å². The van der Waals surface area contributed by atoms with Crippen LogP contribution in [-0.2, 0) is 0 Å². The van der Waals surface area contributed by atoms with Crippen molar-refractivity contribution in [3.8, 4) is 0 Å². The van der Waals surface area contributed by atoms with Gasteiger partial charge in [0.15, 0.2) is 0 Å². The number of nitrogens with two attached hydrogens (primary N) is 1. The van der Waals surface area contributed by atoms with Crippen LogP contribution in [-0.4, -0.2) is 18.1 Å². The van der Waals surface area contributed by atoms with Crippen molar-refractivity contribution >= 4 is 35.0 Å². The molecular formula is C15H12N2O2S. The Kier molecular flexibility index (Phi) is 2.99. The molecule has 1 aliphatic rings. The van der Waals surface area contributed by atoms with Gasteiger partial charge in [-0.3, -0.25) is 9.59 Å². The summed E-state index contributed by atoms with van der Waals surface area (Å²) >= 11 is 1.56. The Morgan fingerprint density at radius 2 is 1.75 bits per heavy atom. The number of fused-ring (bicyclic) bond motifs is 1. The Bertz CT molecular complexity index is 728. The predicted octanol–water partition coefficient (Wildman–Crippen LogP) is 2.79. The SMILES string of the molecule is CSc1cccc(N2C(=O)c3ccc(N)cc3C2=O)c1. The van der Waals surface area contributed by atoms with Crippen LogP contribution in [0.3, 0.4) is 0 Å². The molecule has 1 aliphatic heterocycles. The van der Waals surface area contributed by atoms with Crippen molar-refractivity contribution in [2.75, 3.05) is 16.9 Å². The normalized spacial score (nSPS) is 13.8. The first-order valence-electron chi connectivity index (χ1n) is 6.04. The number of carbonyl (C=O) groups excluding carboxylic acids is 2. The molecule has 0 aromatic heterocycles. The third kappa shape index (κ3) is 1.87. The highest BCUT2D eigenvalue weighted by atomic mass is 32.2. The van der Waals surface area contributed by atoms with E-state index in [2.05, 4.69) is 0 Å². The van der Waals surface area contributed by atoms with Gasteiger partial charge in [-0.15, -0.1) is 11.8 Å². The van der Waals surface area contributed by atoms with Crippen molar-refractivity contribution in [2.24, 2.45) is 0 Å². The molecule has 2 aromatic carbocycles. The number of nitrogen functional groups attached to an aromatic ring is 1. The van der Waals surface area contributed by atoms with E-state index in [9.17, 15) is 9.59 Å². The van der Waals surface area contributed by atoms with Gasteiger partial charge in [-0.2, -0.15) is 0 Å². The standard InChI is InChI=1S/C15H12N2O2S/c1-20-11-4-2-3-10(8-11)17-14(18)12-6-5-9(16)7-13(12)15(17)19/h2-8H,16H2,1H3. The molecular weight excluding hydrogens is 272 g/mol. The quantitative estimate of drug-likeness (QED) is 0.523. The Hall–Kier alpha value is -2.27. The molecule has 0 bridgehead atoms. The van der Waals surface area contributed by atoms with Gasteiger partial charge in [0.25, 0.3) is 11.8 Å². The number of nitrogens with zero attached hydrogens (tertiary/aromatic N) is 1. The third-order valence-electron chi connectivity index (χ3n) is 3.22. The number of hydrogen-bond donors (Lipinski definition) is 1. The van der Waals surface area contributed by atoms with Crippen LogP contribution in [0.25, 0.3) is 0 Å². The number of amides is 2. The number of benzene rings is 2. The highest BCUT2D eigenvalue weighted by Gasteiger charge is 2.36. The fourth-order valence-corrected chi connectivity index (χ4v) is 2.70. The molecule has 0 radical (unpaired) electrons. The monoisotopic (exact) mass is 284 g/mol. The molecule has 100 valence electrons. The highest BCUT2D eigenvalue weighted by Crippen LogP contribution is 2.31. The van der Waals surface area contributed by atoms with Crippen molar-refractivity contribution in [3.05, 3.63) is 53.6 Å². The Balaban J connectivity index is 2.09. The lowest BCUT2D eigenvalue weighted by atomic mass is 10.1. The average Bonchev–Trinajstić information content (AvgIpc) is 2.70. The molecule has 0 unspecified atom stereocenters. The summed E-state index contributed by atoms with van der Waals surface area (Å²) in [4.78, 5) is 27.0. The molecule has 2 N–H and O–H groups in total. The summed E-state index contributed by atoms with van der Waals surface area (Å²) in [5.74, 6) is -0.626. The van der Waals surface area contributed by atoms with E-state index in [1.807, 2.05) is 24.5 Å². The lowest BCUT2D eigenvalue weighted by Crippen LogP contribution is -2.29. The summed E-state index contributed by atoms with van der Waals surface area (Å²) in [6.45, 7) is 0. The van der Waals surface area contributed by atoms with Gasteiger partial charge >= 0.3 is 0 Å². The lowest BCUT2D eigenvalue weighted by Gasteiger charge is -2.14. The van der Waals surface area contributed by atoms with Crippen LogP contribution in [0.15, 0.2) is 47.4 Å². The van der Waals surface area contributed by atoms with Gasteiger partial charge in [-0.25, -0.2) is 4.90 Å². The van der Waals surface area contributed by atoms with E-state index in [1.165, 1.54) is 4.90 Å². The zero-order valence-electron chi connectivity index (χ0n) is 10.8. The summed E-state index contributed by atoms with van der Waals surface area (Å²) in [6, 6.07) is 12.1. The fourth-order valence-electron chi connectivity index (χ4n) is 2.24. The first-order valence-corrected chi connectivity index (χ1v) is 7.26. The van der Waals surface area contributed by atoms with E-state index in [0.717, 1.165) is 4.90 Å². The average molecular weight is 284 g/mol. The topological polar surface area (TPSA) is 63.4 Å². The summed E-state index contributed by atoms with van der Waals surface area (Å²) in [7, 11) is 0. The Morgan fingerprint density at radius 3 is 2.50 bits per heavy atom. The molecule has 0 spiro atoms. The largest absolute Gasteiger partial charge is 0.399 e. The van der Waals surface area contributed by atoms with Crippen LogP contribution in [0.2, 0.25) is 0 Å². The van der Waals surface area contributed by atoms with Crippen molar-refractivity contribution in [1.29, 1.82) is 0 Å². The smallest absolute Gasteiger partial charge is 0.266 e. The number of hydrogen-bond acceptors (Lipinski definition) is 4. The van der Waals surface area contributed by atoms with Gasteiger partial charge < -0.3 is 5.73 Å². The second-order valence-electron chi connectivity index (χ2n) is 4.45. The summed E-state index contributed by atoms with van der Waals surface area (Å²) in [6.07, 6.45) is 1.95. The minimum absolute atomic E-state index is 0.303. The molecule has 0 saturated carbocycles. The maximum Gasteiger partial charge on any atom is 0.266 e. The van der Waals surface area contributed by atoms with E-state index >= 15 is 0 Å². The minimum Gasteiger partial charge on any atom is -0.399 e. The predicted molar refractivity (Wildman–Crippen MR) is 80.2 cm³/mol. The van der Waals surface area contributed by atoms with Crippen LogP contribution in [0.1, 0.15) is 20.7 Å². The molecule has 4 nitrogen and oxygen atoms in total. The van der Waals surface area contributed by atoms with Crippen LogP contribution < -0.4 is 10.6 Å². The van der Waals surface area contributed by atoms with E-state index in [4.69, 9.17) is 5.73 Å². The number of thioether (sulfide) groups is 1. The molecule has 2 amide bonds. The molecule has 0 saturated heterocycles. The van der Waals surface area contributed by atoms with Crippen molar-refractivity contribution in [1.82, 2.24) is 0 Å². The minimum atomic E-state index is -0.324. The summed E-state index contributed by atoms with van der Waals surface area (Å²) in [5, 5.41) is 0. The summed E-state index contributed by atoms with van der Waals surface area (Å²) in [5.41, 5.74) is 7.51. The van der Waals surface area contributed by atoms with Crippen molar-refractivity contribution in [2.45, 2.75) is 4.90 Å². The van der Waals surface area contributed by atoms with Crippen LogP contribution in [0, 0.1) is 0 Å². The lowest BCUT2D eigenvalue weighted by molar-refractivity contribution is 0.0926. The van der Waals surface area contributed by atoms with Crippen LogP contribution in [0.5, 0.6) is 0 Å². The zero-order chi connectivity index (χ0) is 14.3. The van der Waals surface area contributed by atoms with Crippen molar-refractivity contribution < 1.29 is 9.59 Å². The molecule has 5 heteroatoms. The van der Waals surface area contributed by atoms with Crippen molar-refractivity contribution in [3.63, 3.8) is 0 Å². The molecule has 20 heavy (non-hydrogen) atoms. The van der Waals surface area contributed by atoms with Crippen LogP contribution in [0.4, 0.5) is 11.4 Å². The molecule has 0 aliphatic carbocycles. The van der Waals surface area contributed by atoms with E-state index in [1.54, 1.807) is 36.0 Å². The number of rotatable bonds is 2. The number of imide groups is 1. The van der Waals surface area contributed by atoms with Gasteiger partial charge in [0.2, 0.25) is 0 Å². The molecule has 0 atom stereocenters. The van der Waals surface area contributed by atoms with Gasteiger partial charge in [-0.05, 0) is 42.7 Å². The fraction of sp³-hybridized carbons (Fsp3) is 0.0667. The Morgan fingerprint density at radius 1 is 1.00 bits per heavy atom. The molecule has 3 rings (SSSR count). The van der Waals surface area contributed by atoms with Gasteiger partial charge in [-0.1, -0.05) is 6.07 Å². The third-order valence-corrected chi connectivity index (χ3v) is 3.95. The van der Waals surface area contributed by atoms with Gasteiger partial charge in [0.05, 0.1) is 16.8 Å². The van der Waals surface area contributed by atoms with Gasteiger partial charge in [0.1, 0.15) is 0 Å². The first kappa shape index (κ1) is 12.7. The number of carbonyl (C=O) groups is 2. The second kappa shape index (κ2) is 4.68. The van der Waals surface area contributed by atoms with E-state index in [0.29, 0.717) is 22.5 Å². The Labute approximate surface area is 120 Å². The first-order chi connectivity index (χ1) is 9.61. The van der Waals surface area contributed by atoms with Gasteiger partial charge in [0, 0.05) is 10.6 Å². The zero-order valence-corrected chi connectivity index (χ0v) is 11.6. The molecule has 1 heterocycles. The van der Waals surface area contributed by atoms with Crippen LogP contribution >= 0.6 is 11.8 Å². The molecule has 0 fully saturated rings. The maximum atomic E-state index is 12.4. The summed E-state index contributed by atoms with van der Waals surface area (Å²) < 4.78 is 0. The van der Waals surface area contributed by atoms with E-state index < -0.39 is 0 Å². The maximum absolute atomic E-state index is 12.4. The number of anilines is 2. The molecule has 2 aromatic rings. The second-order valence-corrected chi connectivity index (χ2v) is 5.33.